The van der Waals surface area contributed by atoms with Gasteiger partial charge in [-0.1, -0.05) is 237 Å². The van der Waals surface area contributed by atoms with E-state index in [1.54, 1.807) is 0 Å². The van der Waals surface area contributed by atoms with Gasteiger partial charge in [-0.2, -0.15) is 0 Å². The van der Waals surface area contributed by atoms with Crippen molar-refractivity contribution in [3.8, 4) is 66.8 Å². The monoisotopic (exact) mass is 853 g/mol. The predicted molar refractivity (Wildman–Crippen MR) is 283 cm³/mol. The number of benzene rings is 11. The highest BCUT2D eigenvalue weighted by Gasteiger charge is 2.41. The summed E-state index contributed by atoms with van der Waals surface area (Å²) in [5, 5.41) is 2.46. The minimum absolute atomic E-state index is 0.262. The summed E-state index contributed by atoms with van der Waals surface area (Å²) in [5.41, 5.74) is 21.7. The molecule has 0 N–H and O–H groups in total. The van der Waals surface area contributed by atoms with Gasteiger partial charge in [0, 0.05) is 22.4 Å². The van der Waals surface area contributed by atoms with Gasteiger partial charge in [0.1, 0.15) is 0 Å². The van der Waals surface area contributed by atoms with Crippen LogP contribution in [0, 0.1) is 0 Å². The van der Waals surface area contributed by atoms with E-state index in [9.17, 15) is 0 Å². The minimum atomic E-state index is -0.262. The first-order valence-corrected chi connectivity index (χ1v) is 23.3. The van der Waals surface area contributed by atoms with Gasteiger partial charge in [0.05, 0.1) is 5.69 Å². The van der Waals surface area contributed by atoms with E-state index in [-0.39, 0.29) is 5.41 Å². The Morgan fingerprint density at radius 1 is 0.284 bits per heavy atom. The summed E-state index contributed by atoms with van der Waals surface area (Å²) in [6.45, 7) is 2.39. The molecule has 67 heavy (non-hydrogen) atoms. The molecule has 0 bridgehead atoms. The van der Waals surface area contributed by atoms with Crippen molar-refractivity contribution >= 4 is 27.8 Å². The van der Waals surface area contributed by atoms with Crippen LogP contribution in [-0.2, 0) is 5.41 Å². The third kappa shape index (κ3) is 6.96. The van der Waals surface area contributed by atoms with Gasteiger partial charge in [-0.05, 0) is 126 Å². The Kier molecular flexibility index (Phi) is 10.0. The van der Waals surface area contributed by atoms with Crippen LogP contribution in [-0.4, -0.2) is 0 Å². The maximum atomic E-state index is 2.43. The lowest BCUT2D eigenvalue weighted by atomic mass is 9.74. The molecule has 0 saturated carbocycles. The first-order chi connectivity index (χ1) is 33.1. The fourth-order valence-corrected chi connectivity index (χ4v) is 10.7. The Hall–Kier alpha value is -8.52. The Morgan fingerprint density at radius 3 is 1.34 bits per heavy atom. The number of nitrogens with zero attached hydrogens (tertiary/aromatic N) is 1. The van der Waals surface area contributed by atoms with Gasteiger partial charge in [-0.15, -0.1) is 0 Å². The molecule has 1 unspecified atom stereocenters. The molecule has 0 amide bonds. The molecule has 11 aromatic rings. The maximum absolute atomic E-state index is 2.43. The van der Waals surface area contributed by atoms with Crippen LogP contribution in [0.2, 0.25) is 0 Å². The van der Waals surface area contributed by atoms with Gasteiger partial charge < -0.3 is 4.90 Å². The molecule has 0 saturated heterocycles. The topological polar surface area (TPSA) is 3.24 Å². The van der Waals surface area contributed by atoms with Crippen molar-refractivity contribution < 1.29 is 0 Å². The van der Waals surface area contributed by atoms with Gasteiger partial charge >= 0.3 is 0 Å². The number of rotatable bonds is 9. The fraction of sp³-hybridized carbons (Fsp3) is 0.0303. The van der Waals surface area contributed by atoms with Gasteiger partial charge in [0.25, 0.3) is 0 Å². The summed E-state index contributed by atoms with van der Waals surface area (Å²) in [6.07, 6.45) is 0. The molecule has 1 atom stereocenters. The lowest BCUT2D eigenvalue weighted by molar-refractivity contribution is 0.714. The molecule has 316 valence electrons. The van der Waals surface area contributed by atoms with Crippen molar-refractivity contribution in [3.63, 3.8) is 0 Å². The van der Waals surface area contributed by atoms with Gasteiger partial charge in [0.15, 0.2) is 0 Å². The normalized spacial score (nSPS) is 13.8. The summed E-state index contributed by atoms with van der Waals surface area (Å²) in [5.74, 6) is 0. The van der Waals surface area contributed by atoms with Crippen LogP contribution in [0.5, 0.6) is 0 Å². The molecular weight excluding hydrogens is 807 g/mol. The van der Waals surface area contributed by atoms with Crippen molar-refractivity contribution in [1.82, 2.24) is 0 Å². The van der Waals surface area contributed by atoms with Crippen LogP contribution in [0.3, 0.4) is 0 Å². The zero-order valence-corrected chi connectivity index (χ0v) is 37.4. The minimum Gasteiger partial charge on any atom is -0.310 e. The van der Waals surface area contributed by atoms with Crippen molar-refractivity contribution in [1.29, 1.82) is 0 Å². The van der Waals surface area contributed by atoms with E-state index in [0.717, 1.165) is 17.1 Å². The van der Waals surface area contributed by atoms with Gasteiger partial charge in [-0.25, -0.2) is 0 Å². The molecule has 1 nitrogen and oxygen atoms in total. The number of hydrogen-bond donors (Lipinski definition) is 0. The Bertz CT molecular complexity index is 3530. The molecule has 0 spiro atoms. The van der Waals surface area contributed by atoms with E-state index in [0.29, 0.717) is 0 Å². The van der Waals surface area contributed by atoms with E-state index in [1.807, 2.05) is 0 Å². The summed E-state index contributed by atoms with van der Waals surface area (Å²) < 4.78 is 0. The molecule has 0 heterocycles. The number of hydrogen-bond acceptors (Lipinski definition) is 1. The Balaban J connectivity index is 0.995. The zero-order chi connectivity index (χ0) is 44.7. The molecule has 0 aliphatic heterocycles. The van der Waals surface area contributed by atoms with E-state index >= 15 is 0 Å². The lowest BCUT2D eigenvalue weighted by Crippen LogP contribution is -2.22. The molecule has 0 radical (unpaired) electrons. The lowest BCUT2D eigenvalue weighted by Gasteiger charge is -2.29. The zero-order valence-electron chi connectivity index (χ0n) is 37.4. The summed E-state index contributed by atoms with van der Waals surface area (Å²) in [6, 6.07) is 97.6. The highest BCUT2D eigenvalue weighted by atomic mass is 15.1. The molecule has 0 fully saturated rings. The van der Waals surface area contributed by atoms with E-state index in [2.05, 4.69) is 279 Å². The highest BCUT2D eigenvalue weighted by molar-refractivity contribution is 6.09. The van der Waals surface area contributed by atoms with Crippen molar-refractivity contribution in [2.75, 3.05) is 4.90 Å². The number of fused-ring (bicyclic) bond motifs is 4. The molecular formula is C66H47N. The maximum Gasteiger partial charge on any atom is 0.0540 e. The fourth-order valence-electron chi connectivity index (χ4n) is 10.7. The van der Waals surface area contributed by atoms with Crippen molar-refractivity contribution in [2.45, 2.75) is 12.3 Å². The average Bonchev–Trinajstić information content (AvgIpc) is 3.68. The van der Waals surface area contributed by atoms with E-state index in [4.69, 9.17) is 0 Å². The van der Waals surface area contributed by atoms with Crippen LogP contribution in [0.15, 0.2) is 267 Å². The van der Waals surface area contributed by atoms with E-state index < -0.39 is 0 Å². The number of anilines is 3. The molecule has 1 aliphatic rings. The number of para-hydroxylation sites is 1. The standard InChI is InChI=1S/C66H47N/c1-66(53-24-9-4-10-25-53)61-31-13-11-27-60(61)65-57(29-17-32-62(65)66)51-40-44-55(45-41-51)67(54-42-38-49(39-43-54)48-36-34-47(35-37-48)46-18-5-2-6-19-46)63-33-14-12-26-58(63)59-30-16-23-52-22-15-28-56(64(52)59)50-20-7-3-8-21-50/h2-45H,1H3. The second-order valence-corrected chi connectivity index (χ2v) is 17.7. The van der Waals surface area contributed by atoms with Crippen LogP contribution in [0.1, 0.15) is 23.6 Å². The smallest absolute Gasteiger partial charge is 0.0540 e. The summed E-state index contributed by atoms with van der Waals surface area (Å²) in [4.78, 5) is 2.43. The average molecular weight is 854 g/mol. The third-order valence-corrected chi connectivity index (χ3v) is 14.0. The van der Waals surface area contributed by atoms with Crippen LogP contribution in [0.25, 0.3) is 77.5 Å². The molecule has 11 aromatic carbocycles. The van der Waals surface area contributed by atoms with E-state index in [1.165, 1.54) is 94.2 Å². The van der Waals surface area contributed by atoms with Crippen molar-refractivity contribution in [2.24, 2.45) is 0 Å². The highest BCUT2D eigenvalue weighted by Crippen LogP contribution is 2.55. The Labute approximate surface area is 393 Å². The van der Waals surface area contributed by atoms with Crippen LogP contribution < -0.4 is 4.90 Å². The largest absolute Gasteiger partial charge is 0.310 e. The molecule has 1 heteroatoms. The van der Waals surface area contributed by atoms with Crippen LogP contribution >= 0.6 is 0 Å². The first-order valence-electron chi connectivity index (χ1n) is 23.3. The quantitative estimate of drug-likeness (QED) is 0.140. The second kappa shape index (κ2) is 16.8. The molecule has 12 rings (SSSR count). The SMILES string of the molecule is CC1(c2ccccc2)c2ccccc2-c2c(-c3ccc(N(c4ccc(-c5ccc(-c6ccccc6)cc5)cc4)c4ccccc4-c4cccc5cccc(-c6ccccc6)c45)cc3)cccc21. The van der Waals surface area contributed by atoms with Gasteiger partial charge in [0.2, 0.25) is 0 Å². The first kappa shape index (κ1) is 40.0. The summed E-state index contributed by atoms with van der Waals surface area (Å²) in [7, 11) is 0. The van der Waals surface area contributed by atoms with Gasteiger partial charge in [-0.3, -0.25) is 0 Å². The molecule has 0 aromatic heterocycles. The van der Waals surface area contributed by atoms with Crippen molar-refractivity contribution in [3.05, 3.63) is 284 Å². The molecule has 1 aliphatic carbocycles. The summed E-state index contributed by atoms with van der Waals surface area (Å²) >= 11 is 0. The Morgan fingerprint density at radius 2 is 0.701 bits per heavy atom. The predicted octanol–water partition coefficient (Wildman–Crippen LogP) is 18.0. The second-order valence-electron chi connectivity index (χ2n) is 17.7. The van der Waals surface area contributed by atoms with Crippen LogP contribution in [0.4, 0.5) is 17.1 Å². The third-order valence-electron chi connectivity index (χ3n) is 14.0.